The van der Waals surface area contributed by atoms with Gasteiger partial charge in [0.1, 0.15) is 6.10 Å². The van der Waals surface area contributed by atoms with Crippen LogP contribution in [0.1, 0.15) is 26.7 Å². The molecule has 2 N–H and O–H groups in total. The molecule has 0 aliphatic carbocycles. The highest BCUT2D eigenvalue weighted by Crippen LogP contribution is 2.39. The van der Waals surface area contributed by atoms with Crippen LogP contribution in [0, 0.1) is 0 Å². The number of carbonyl (C=O) groups excluding carboxylic acids is 2. The van der Waals surface area contributed by atoms with E-state index in [4.69, 9.17) is 9.88 Å². The van der Waals surface area contributed by atoms with Gasteiger partial charge in [-0.3, -0.25) is 9.59 Å². The lowest BCUT2D eigenvalue weighted by molar-refractivity contribution is -0.127. The second-order valence-corrected chi connectivity index (χ2v) is 9.52. The summed E-state index contributed by atoms with van der Waals surface area (Å²) in [5, 5.41) is 5.18. The Balaban J connectivity index is 1.77. The van der Waals surface area contributed by atoms with E-state index in [0.717, 1.165) is 17.5 Å². The molecule has 2 heterocycles. The van der Waals surface area contributed by atoms with E-state index in [1.54, 1.807) is 21.9 Å². The lowest BCUT2D eigenvalue weighted by atomic mass is 10.00. The van der Waals surface area contributed by atoms with Crippen LogP contribution < -0.4 is 14.9 Å². The van der Waals surface area contributed by atoms with Gasteiger partial charge in [-0.05, 0) is 55.2 Å². The number of benzene rings is 2. The zero-order valence-corrected chi connectivity index (χ0v) is 18.3. The largest absolute Gasteiger partial charge is 0.368 e. The third-order valence-electron chi connectivity index (χ3n) is 5.74. The van der Waals surface area contributed by atoms with Crippen molar-refractivity contribution in [1.29, 1.82) is 0 Å². The molecule has 2 unspecified atom stereocenters. The molecule has 0 saturated carbocycles. The van der Waals surface area contributed by atoms with Gasteiger partial charge in [0, 0.05) is 20.1 Å². The predicted octanol–water partition coefficient (Wildman–Crippen LogP) is 2.27. The molecular weight excluding hydrogens is 418 g/mol. The number of anilines is 2. The molecule has 0 radical (unpaired) electrons. The summed E-state index contributed by atoms with van der Waals surface area (Å²) in [6, 6.07) is 11.6. The van der Waals surface area contributed by atoms with Crippen LogP contribution in [0.2, 0.25) is 0 Å². The quantitative estimate of drug-likeness (QED) is 0.783. The van der Waals surface area contributed by atoms with Crippen molar-refractivity contribution in [2.45, 2.75) is 43.7 Å². The number of nitrogens with two attached hydrogens (primary N) is 1. The number of ether oxygens (including phenoxy) is 1. The van der Waals surface area contributed by atoms with Gasteiger partial charge in [-0.25, -0.2) is 13.6 Å². The number of nitrogens with zero attached hydrogens (tertiary/aromatic N) is 2. The van der Waals surface area contributed by atoms with Gasteiger partial charge >= 0.3 is 0 Å². The Kier molecular flexibility index (Phi) is 5.59. The first-order valence-electron chi connectivity index (χ1n) is 10.2. The Bertz CT molecular complexity index is 1120. The van der Waals surface area contributed by atoms with Crippen LogP contribution in [-0.2, 0) is 24.3 Å². The first-order chi connectivity index (χ1) is 14.7. The molecule has 2 aromatic rings. The first-order valence-corrected chi connectivity index (χ1v) is 11.7. The summed E-state index contributed by atoms with van der Waals surface area (Å²) >= 11 is 0. The fourth-order valence-corrected chi connectivity index (χ4v) is 4.79. The summed E-state index contributed by atoms with van der Waals surface area (Å²) in [7, 11) is -3.78. The van der Waals surface area contributed by atoms with Crippen molar-refractivity contribution in [2.24, 2.45) is 5.14 Å². The molecule has 4 rings (SSSR count). The highest BCUT2D eigenvalue weighted by atomic mass is 32.2. The molecule has 1 saturated heterocycles. The monoisotopic (exact) mass is 443 g/mol. The molecule has 0 spiro atoms. The summed E-state index contributed by atoms with van der Waals surface area (Å²) in [4.78, 5) is 29.0. The molecule has 2 aromatic carbocycles. The fraction of sp³-hybridized carbons (Fsp3) is 0.364. The Morgan fingerprint density at radius 1 is 1.06 bits per heavy atom. The number of carbonyl (C=O) groups is 2. The third-order valence-corrected chi connectivity index (χ3v) is 6.67. The first kappa shape index (κ1) is 21.5. The molecule has 0 bridgehead atoms. The molecule has 2 atom stereocenters. The molecule has 2 aliphatic rings. The second-order valence-electron chi connectivity index (χ2n) is 7.96. The van der Waals surface area contributed by atoms with Crippen LogP contribution in [0.5, 0.6) is 0 Å². The lowest BCUT2D eigenvalue weighted by Crippen LogP contribution is -2.53. The van der Waals surface area contributed by atoms with E-state index in [1.807, 2.05) is 25.1 Å². The summed E-state index contributed by atoms with van der Waals surface area (Å²) in [6.07, 6.45) is 1.06. The lowest BCUT2D eigenvalue weighted by Gasteiger charge is -2.41. The van der Waals surface area contributed by atoms with E-state index < -0.39 is 16.1 Å². The van der Waals surface area contributed by atoms with E-state index >= 15 is 0 Å². The maximum Gasteiger partial charge on any atom is 0.256 e. The van der Waals surface area contributed by atoms with Crippen molar-refractivity contribution in [3.8, 4) is 11.1 Å². The predicted molar refractivity (Wildman–Crippen MR) is 117 cm³/mol. The minimum Gasteiger partial charge on any atom is -0.368 e. The van der Waals surface area contributed by atoms with Crippen LogP contribution in [0.15, 0.2) is 47.4 Å². The van der Waals surface area contributed by atoms with E-state index in [0.29, 0.717) is 30.9 Å². The highest BCUT2D eigenvalue weighted by molar-refractivity contribution is 7.89. The minimum absolute atomic E-state index is 0.0287. The molecular formula is C22H25N3O5S. The van der Waals surface area contributed by atoms with Gasteiger partial charge in [0.2, 0.25) is 15.9 Å². The molecule has 1 fully saturated rings. The van der Waals surface area contributed by atoms with Gasteiger partial charge in [0.05, 0.1) is 22.3 Å². The van der Waals surface area contributed by atoms with Gasteiger partial charge in [-0.1, -0.05) is 18.2 Å². The van der Waals surface area contributed by atoms with Gasteiger partial charge in [0.25, 0.3) is 5.91 Å². The SMILES string of the molecule is CC(=O)N1c2ccc(-c3ccc(S(N)(=O)=O)cc3)cc2N(C(=O)C2CCCO2)CC1C. The zero-order valence-electron chi connectivity index (χ0n) is 17.4. The number of hydrogen-bond acceptors (Lipinski definition) is 5. The highest BCUT2D eigenvalue weighted by Gasteiger charge is 2.37. The molecule has 2 aliphatic heterocycles. The Hall–Kier alpha value is -2.75. The topological polar surface area (TPSA) is 110 Å². The molecule has 164 valence electrons. The summed E-state index contributed by atoms with van der Waals surface area (Å²) < 4.78 is 28.7. The maximum atomic E-state index is 13.2. The maximum absolute atomic E-state index is 13.2. The average Bonchev–Trinajstić information content (AvgIpc) is 3.26. The third kappa shape index (κ3) is 4.08. The normalized spacial score (nSPS) is 21.1. The fourth-order valence-electron chi connectivity index (χ4n) is 4.28. The van der Waals surface area contributed by atoms with E-state index in [-0.39, 0.29) is 22.8 Å². The molecule has 8 nitrogen and oxygen atoms in total. The Labute approximate surface area is 181 Å². The van der Waals surface area contributed by atoms with Crippen LogP contribution >= 0.6 is 0 Å². The molecule has 31 heavy (non-hydrogen) atoms. The van der Waals surface area contributed by atoms with Crippen LogP contribution in [0.4, 0.5) is 11.4 Å². The second kappa shape index (κ2) is 8.07. The van der Waals surface area contributed by atoms with Crippen molar-refractivity contribution in [2.75, 3.05) is 23.0 Å². The minimum atomic E-state index is -3.78. The Morgan fingerprint density at radius 3 is 2.32 bits per heavy atom. The van der Waals surface area contributed by atoms with Crippen molar-refractivity contribution in [3.05, 3.63) is 42.5 Å². The van der Waals surface area contributed by atoms with E-state index in [2.05, 4.69) is 0 Å². The van der Waals surface area contributed by atoms with Crippen molar-refractivity contribution < 1.29 is 22.7 Å². The van der Waals surface area contributed by atoms with Crippen molar-refractivity contribution >= 4 is 33.2 Å². The van der Waals surface area contributed by atoms with Gasteiger partial charge < -0.3 is 14.5 Å². The number of rotatable bonds is 3. The summed E-state index contributed by atoms with van der Waals surface area (Å²) in [5.41, 5.74) is 2.87. The number of sulfonamides is 1. The molecule has 9 heteroatoms. The van der Waals surface area contributed by atoms with Gasteiger partial charge in [0.15, 0.2) is 0 Å². The average molecular weight is 444 g/mol. The standard InChI is InChI=1S/C22H25N3O5S/c1-14-13-24(22(27)21-4-3-11-30-21)20-12-17(7-10-19(20)25(14)15(2)26)16-5-8-18(9-6-16)31(23,28)29/h5-10,12,14,21H,3-4,11,13H2,1-2H3,(H2,23,28,29). The molecule has 0 aromatic heterocycles. The van der Waals surface area contributed by atoms with Gasteiger partial charge in [-0.2, -0.15) is 0 Å². The smallest absolute Gasteiger partial charge is 0.256 e. The number of fused-ring (bicyclic) bond motifs is 1. The summed E-state index contributed by atoms with van der Waals surface area (Å²) in [5.74, 6) is -0.196. The van der Waals surface area contributed by atoms with Crippen LogP contribution in [0.25, 0.3) is 11.1 Å². The number of amides is 2. The van der Waals surface area contributed by atoms with Crippen molar-refractivity contribution in [3.63, 3.8) is 0 Å². The van der Waals surface area contributed by atoms with Gasteiger partial charge in [-0.15, -0.1) is 0 Å². The van der Waals surface area contributed by atoms with Crippen LogP contribution in [0.3, 0.4) is 0 Å². The zero-order chi connectivity index (χ0) is 22.3. The number of hydrogen-bond donors (Lipinski definition) is 1. The van der Waals surface area contributed by atoms with E-state index in [1.165, 1.54) is 19.1 Å². The van der Waals surface area contributed by atoms with Crippen LogP contribution in [-0.4, -0.2) is 45.5 Å². The van der Waals surface area contributed by atoms with Crippen molar-refractivity contribution in [1.82, 2.24) is 0 Å². The number of primary sulfonamides is 1. The van der Waals surface area contributed by atoms with E-state index in [9.17, 15) is 18.0 Å². The molecule has 2 amide bonds. The summed E-state index contributed by atoms with van der Waals surface area (Å²) in [6.45, 7) is 4.37. The Morgan fingerprint density at radius 2 is 1.74 bits per heavy atom.